The number of nitrogens with zero attached hydrogens (tertiary/aromatic N) is 3. The van der Waals surface area contributed by atoms with E-state index in [-0.39, 0.29) is 6.03 Å². The Hall–Kier alpha value is -0.770. The number of likely N-dealkylation sites (N-methyl/N-ethyl adjacent to an activating group) is 1. The van der Waals surface area contributed by atoms with E-state index in [9.17, 15) is 4.79 Å². The fraction of sp³-hybridized carbons (Fsp3) is 0.900. The molecule has 1 heterocycles. The minimum absolute atomic E-state index is 0.127. The third-order valence-corrected chi connectivity index (χ3v) is 3.01. The van der Waals surface area contributed by atoms with E-state index in [2.05, 4.69) is 25.9 Å². The van der Waals surface area contributed by atoms with Crippen LogP contribution in [-0.2, 0) is 0 Å². The van der Waals surface area contributed by atoms with E-state index >= 15 is 0 Å². The smallest absolute Gasteiger partial charge is 0.319 e. The fourth-order valence-corrected chi connectivity index (χ4v) is 2.14. The molecule has 0 saturated carbocycles. The second-order valence-corrected chi connectivity index (χ2v) is 4.43. The molecule has 0 aliphatic carbocycles. The minimum atomic E-state index is 0.127. The van der Waals surface area contributed by atoms with Crippen molar-refractivity contribution >= 4 is 6.03 Å². The zero-order valence-corrected chi connectivity index (χ0v) is 9.82. The van der Waals surface area contributed by atoms with Crippen molar-refractivity contribution in [2.24, 2.45) is 0 Å². The van der Waals surface area contributed by atoms with Crippen LogP contribution in [0, 0.1) is 0 Å². The molecule has 0 aromatic rings. The van der Waals surface area contributed by atoms with Gasteiger partial charge < -0.3 is 14.7 Å². The first-order valence-electron chi connectivity index (χ1n) is 5.09. The van der Waals surface area contributed by atoms with Gasteiger partial charge >= 0.3 is 6.03 Å². The minimum Gasteiger partial charge on any atom is -0.331 e. The van der Waals surface area contributed by atoms with E-state index in [0.29, 0.717) is 12.1 Å². The van der Waals surface area contributed by atoms with Crippen molar-refractivity contribution in [1.82, 2.24) is 14.7 Å². The van der Waals surface area contributed by atoms with E-state index in [0.717, 1.165) is 13.0 Å². The van der Waals surface area contributed by atoms with Crippen LogP contribution in [0.25, 0.3) is 0 Å². The second kappa shape index (κ2) is 4.17. The van der Waals surface area contributed by atoms with Gasteiger partial charge in [0.25, 0.3) is 0 Å². The summed E-state index contributed by atoms with van der Waals surface area (Å²) < 4.78 is 0. The number of carbonyl (C=O) groups excluding carboxylic acids is 1. The van der Waals surface area contributed by atoms with Gasteiger partial charge in [0.1, 0.15) is 0 Å². The van der Waals surface area contributed by atoms with Crippen molar-refractivity contribution in [3.8, 4) is 0 Å². The van der Waals surface area contributed by atoms with Crippen LogP contribution >= 0.6 is 0 Å². The standard InChI is InChI=1S/C10H21N3O/c1-8-9(11(2)3)6-7-13(8)10(14)12(4)5/h8-9H,6-7H2,1-5H3. The van der Waals surface area contributed by atoms with Gasteiger partial charge in [-0.2, -0.15) is 0 Å². The third-order valence-electron chi connectivity index (χ3n) is 3.01. The third kappa shape index (κ3) is 2.00. The summed E-state index contributed by atoms with van der Waals surface area (Å²) in [5.41, 5.74) is 0. The molecule has 4 nitrogen and oxygen atoms in total. The lowest BCUT2D eigenvalue weighted by Gasteiger charge is -2.30. The highest BCUT2D eigenvalue weighted by molar-refractivity contribution is 5.74. The maximum atomic E-state index is 11.8. The summed E-state index contributed by atoms with van der Waals surface area (Å²) in [5.74, 6) is 0. The van der Waals surface area contributed by atoms with E-state index in [1.54, 1.807) is 19.0 Å². The molecule has 2 unspecified atom stereocenters. The molecule has 1 rings (SSSR count). The highest BCUT2D eigenvalue weighted by atomic mass is 16.2. The molecule has 14 heavy (non-hydrogen) atoms. The topological polar surface area (TPSA) is 26.8 Å². The van der Waals surface area contributed by atoms with E-state index in [1.807, 2.05) is 4.90 Å². The molecule has 0 radical (unpaired) electrons. The van der Waals surface area contributed by atoms with Gasteiger partial charge in [0.05, 0.1) is 0 Å². The summed E-state index contributed by atoms with van der Waals surface area (Å²) in [4.78, 5) is 17.6. The highest BCUT2D eigenvalue weighted by Crippen LogP contribution is 2.21. The summed E-state index contributed by atoms with van der Waals surface area (Å²) in [6.07, 6.45) is 1.08. The number of hydrogen-bond donors (Lipinski definition) is 0. The molecule has 0 N–H and O–H groups in total. The van der Waals surface area contributed by atoms with Crippen molar-refractivity contribution in [2.75, 3.05) is 34.7 Å². The number of carbonyl (C=O) groups is 1. The maximum Gasteiger partial charge on any atom is 0.319 e. The Morgan fingerprint density at radius 1 is 1.29 bits per heavy atom. The van der Waals surface area contributed by atoms with Gasteiger partial charge in [-0.15, -0.1) is 0 Å². The highest BCUT2D eigenvalue weighted by Gasteiger charge is 2.35. The Morgan fingerprint density at radius 3 is 2.21 bits per heavy atom. The van der Waals surface area contributed by atoms with Crippen LogP contribution in [-0.4, -0.2) is 67.5 Å². The van der Waals surface area contributed by atoms with Gasteiger partial charge in [-0.25, -0.2) is 4.79 Å². The Morgan fingerprint density at radius 2 is 1.86 bits per heavy atom. The van der Waals surface area contributed by atoms with Crippen LogP contribution in [0.15, 0.2) is 0 Å². The SMILES string of the molecule is CC1C(N(C)C)CCN1C(=O)N(C)C. The lowest BCUT2D eigenvalue weighted by Crippen LogP contribution is -2.46. The molecule has 0 spiro atoms. The average Bonchev–Trinajstić information content (AvgIpc) is 2.45. The monoisotopic (exact) mass is 199 g/mol. The summed E-state index contributed by atoms with van der Waals surface area (Å²) in [6.45, 7) is 3.00. The van der Waals surface area contributed by atoms with E-state index < -0.39 is 0 Å². The molecule has 2 atom stereocenters. The Bertz CT molecular complexity index is 215. The predicted molar refractivity (Wildman–Crippen MR) is 57.3 cm³/mol. The molecule has 0 bridgehead atoms. The Balaban J connectivity index is 2.64. The molecular formula is C10H21N3O. The van der Waals surface area contributed by atoms with Gasteiger partial charge in [0.2, 0.25) is 0 Å². The quantitative estimate of drug-likeness (QED) is 0.621. The summed E-state index contributed by atoms with van der Waals surface area (Å²) in [7, 11) is 7.76. The molecule has 4 heteroatoms. The fourth-order valence-electron chi connectivity index (χ4n) is 2.14. The number of amides is 2. The van der Waals surface area contributed by atoms with Crippen LogP contribution in [0.1, 0.15) is 13.3 Å². The molecule has 1 aliphatic rings. The lowest BCUT2D eigenvalue weighted by molar-refractivity contribution is 0.156. The van der Waals surface area contributed by atoms with Gasteiger partial charge in [-0.05, 0) is 27.4 Å². The molecule has 2 amide bonds. The maximum absolute atomic E-state index is 11.8. The first kappa shape index (κ1) is 11.3. The zero-order chi connectivity index (χ0) is 10.9. The van der Waals surface area contributed by atoms with E-state index in [4.69, 9.17) is 0 Å². The molecular weight excluding hydrogens is 178 g/mol. The van der Waals surface area contributed by atoms with Crippen LogP contribution in [0.3, 0.4) is 0 Å². The van der Waals surface area contributed by atoms with Crippen LogP contribution in [0.5, 0.6) is 0 Å². The summed E-state index contributed by atoms with van der Waals surface area (Å²) >= 11 is 0. The number of hydrogen-bond acceptors (Lipinski definition) is 2. The molecule has 1 aliphatic heterocycles. The summed E-state index contributed by atoms with van der Waals surface area (Å²) in [6, 6.07) is 0.945. The van der Waals surface area contributed by atoms with Crippen molar-refractivity contribution in [3.05, 3.63) is 0 Å². The van der Waals surface area contributed by atoms with Crippen molar-refractivity contribution in [3.63, 3.8) is 0 Å². The van der Waals surface area contributed by atoms with Crippen molar-refractivity contribution in [2.45, 2.75) is 25.4 Å². The molecule has 1 saturated heterocycles. The molecule has 82 valence electrons. The van der Waals surface area contributed by atoms with Crippen LogP contribution in [0.2, 0.25) is 0 Å². The van der Waals surface area contributed by atoms with Crippen molar-refractivity contribution in [1.29, 1.82) is 0 Å². The van der Waals surface area contributed by atoms with Crippen molar-refractivity contribution < 1.29 is 4.79 Å². The second-order valence-electron chi connectivity index (χ2n) is 4.43. The van der Waals surface area contributed by atoms with Gasteiger partial charge in [-0.1, -0.05) is 0 Å². The Kier molecular flexibility index (Phi) is 3.37. The van der Waals surface area contributed by atoms with Gasteiger partial charge in [0.15, 0.2) is 0 Å². The number of urea groups is 1. The van der Waals surface area contributed by atoms with Crippen LogP contribution in [0.4, 0.5) is 4.79 Å². The normalized spacial score (nSPS) is 27.1. The average molecular weight is 199 g/mol. The number of rotatable bonds is 1. The summed E-state index contributed by atoms with van der Waals surface area (Å²) in [5, 5.41) is 0. The first-order chi connectivity index (χ1) is 6.45. The first-order valence-corrected chi connectivity index (χ1v) is 5.09. The lowest BCUT2D eigenvalue weighted by atomic mass is 10.1. The van der Waals surface area contributed by atoms with E-state index in [1.165, 1.54) is 0 Å². The van der Waals surface area contributed by atoms with Gasteiger partial charge in [0, 0.05) is 32.7 Å². The zero-order valence-electron chi connectivity index (χ0n) is 9.82. The number of likely N-dealkylation sites (tertiary alicyclic amines) is 1. The largest absolute Gasteiger partial charge is 0.331 e. The molecule has 0 aromatic carbocycles. The van der Waals surface area contributed by atoms with Crippen LogP contribution < -0.4 is 0 Å². The molecule has 0 aromatic heterocycles. The van der Waals surface area contributed by atoms with Gasteiger partial charge in [-0.3, -0.25) is 0 Å². The molecule has 1 fully saturated rings. The predicted octanol–water partition coefficient (Wildman–Crippen LogP) is 0.692. The Labute approximate surface area is 86.5 Å².